The fourth-order valence-corrected chi connectivity index (χ4v) is 4.60. The van der Waals surface area contributed by atoms with E-state index < -0.39 is 6.10 Å². The average molecular weight is 446 g/mol. The first-order valence-corrected chi connectivity index (χ1v) is 11.0. The molecule has 0 bridgehead atoms. The van der Waals surface area contributed by atoms with Crippen LogP contribution in [0, 0.1) is 5.82 Å². The van der Waals surface area contributed by atoms with E-state index in [2.05, 4.69) is 9.97 Å². The quantitative estimate of drug-likeness (QED) is 0.483. The van der Waals surface area contributed by atoms with Gasteiger partial charge in [-0.3, -0.25) is 0 Å². The van der Waals surface area contributed by atoms with Gasteiger partial charge in [0, 0.05) is 17.3 Å². The molecule has 6 rings (SSSR count). The van der Waals surface area contributed by atoms with Gasteiger partial charge in [0.25, 0.3) is 0 Å². The van der Waals surface area contributed by atoms with Crippen molar-refractivity contribution in [3.05, 3.63) is 78.2 Å². The number of fused-ring (bicyclic) bond motifs is 2. The molecule has 0 spiro atoms. The van der Waals surface area contributed by atoms with Crippen LogP contribution in [0.3, 0.4) is 0 Å². The molecule has 2 N–H and O–H groups in total. The number of aromatic nitrogens is 2. The molecule has 4 heterocycles. The number of ether oxygens (including phenoxy) is 3. The molecule has 168 valence electrons. The summed E-state index contributed by atoms with van der Waals surface area (Å²) in [5.74, 6) is -0.385. The Kier molecular flexibility index (Phi) is 5.19. The normalized spacial score (nSPS) is 24.4. The van der Waals surface area contributed by atoms with E-state index in [4.69, 9.17) is 14.2 Å². The highest BCUT2D eigenvalue weighted by molar-refractivity contribution is 5.80. The SMILES string of the molecule is OC1COC2C(OCc3cc4nc(-c5ccc(-c6ccccc6)cc5)c(F)cc4[nH]3)COC12. The summed E-state index contributed by atoms with van der Waals surface area (Å²) in [6.07, 6.45) is -1.44. The summed E-state index contributed by atoms with van der Waals surface area (Å²) in [4.78, 5) is 7.75. The van der Waals surface area contributed by atoms with Gasteiger partial charge < -0.3 is 24.3 Å². The third-order valence-electron chi connectivity index (χ3n) is 6.31. The molecular weight excluding hydrogens is 423 g/mol. The first kappa shape index (κ1) is 20.5. The predicted octanol–water partition coefficient (Wildman–Crippen LogP) is 4.08. The minimum Gasteiger partial charge on any atom is -0.388 e. The number of H-pyrrole nitrogens is 1. The van der Waals surface area contributed by atoms with Crippen LogP contribution >= 0.6 is 0 Å². The molecule has 2 fully saturated rings. The average Bonchev–Trinajstić information content (AvgIpc) is 3.54. The van der Waals surface area contributed by atoms with Gasteiger partial charge in [-0.15, -0.1) is 0 Å². The molecule has 7 heteroatoms. The third kappa shape index (κ3) is 3.83. The number of nitrogens with one attached hydrogen (secondary N) is 1. The number of aliphatic hydroxyl groups excluding tert-OH is 1. The Bertz CT molecular complexity index is 1270. The molecule has 2 aliphatic rings. The first-order chi connectivity index (χ1) is 16.2. The van der Waals surface area contributed by atoms with Crippen molar-refractivity contribution in [2.45, 2.75) is 31.0 Å². The second-order valence-corrected chi connectivity index (χ2v) is 8.50. The molecular formula is C26H23FN2O4. The molecule has 2 aliphatic heterocycles. The van der Waals surface area contributed by atoms with E-state index in [1.807, 2.05) is 60.7 Å². The Morgan fingerprint density at radius 1 is 0.939 bits per heavy atom. The van der Waals surface area contributed by atoms with Crippen molar-refractivity contribution >= 4 is 11.0 Å². The number of hydrogen-bond donors (Lipinski definition) is 2. The molecule has 2 saturated heterocycles. The van der Waals surface area contributed by atoms with Crippen molar-refractivity contribution in [1.82, 2.24) is 9.97 Å². The molecule has 0 amide bonds. The van der Waals surface area contributed by atoms with E-state index in [1.54, 1.807) is 0 Å². The lowest BCUT2D eigenvalue weighted by Crippen LogP contribution is -2.32. The Morgan fingerprint density at radius 2 is 1.67 bits per heavy atom. The molecule has 2 aromatic heterocycles. The molecule has 33 heavy (non-hydrogen) atoms. The molecule has 4 unspecified atom stereocenters. The van der Waals surface area contributed by atoms with Crippen LogP contribution in [0.4, 0.5) is 4.39 Å². The van der Waals surface area contributed by atoms with Crippen molar-refractivity contribution in [2.75, 3.05) is 13.2 Å². The van der Waals surface area contributed by atoms with Crippen LogP contribution in [0.1, 0.15) is 5.69 Å². The fraction of sp³-hybridized carbons (Fsp3) is 0.269. The van der Waals surface area contributed by atoms with Crippen molar-refractivity contribution in [3.63, 3.8) is 0 Å². The molecule has 4 aromatic rings. The van der Waals surface area contributed by atoms with Crippen molar-refractivity contribution in [2.24, 2.45) is 0 Å². The maximum absolute atomic E-state index is 14.9. The van der Waals surface area contributed by atoms with Crippen LogP contribution in [0.15, 0.2) is 66.7 Å². The Hall–Kier alpha value is -3.10. The van der Waals surface area contributed by atoms with Gasteiger partial charge in [0.2, 0.25) is 0 Å². The van der Waals surface area contributed by atoms with Crippen LogP contribution in [0.2, 0.25) is 0 Å². The van der Waals surface area contributed by atoms with Gasteiger partial charge in [0.1, 0.15) is 30.1 Å². The lowest BCUT2D eigenvalue weighted by atomic mass is 10.0. The standard InChI is InChI=1S/C26H23FN2O4/c27-19-11-21-20(10-18(28-21)12-31-23-14-33-25-22(30)13-32-26(23)25)29-24(19)17-8-6-16(7-9-17)15-4-2-1-3-5-15/h1-11,22-23,25-26,28,30H,12-14H2. The number of rotatable bonds is 5. The lowest BCUT2D eigenvalue weighted by Gasteiger charge is -2.16. The summed E-state index contributed by atoms with van der Waals surface area (Å²) in [6.45, 7) is 0.929. The van der Waals surface area contributed by atoms with Crippen LogP contribution in [0.25, 0.3) is 33.4 Å². The van der Waals surface area contributed by atoms with E-state index in [-0.39, 0.29) is 37.3 Å². The zero-order valence-electron chi connectivity index (χ0n) is 17.8. The van der Waals surface area contributed by atoms with E-state index in [0.29, 0.717) is 23.3 Å². The van der Waals surface area contributed by atoms with Crippen LogP contribution in [-0.2, 0) is 20.8 Å². The maximum Gasteiger partial charge on any atom is 0.151 e. The number of aromatic amines is 1. The van der Waals surface area contributed by atoms with Gasteiger partial charge >= 0.3 is 0 Å². The number of aliphatic hydroxyl groups is 1. The van der Waals surface area contributed by atoms with E-state index in [9.17, 15) is 9.50 Å². The number of nitrogens with zero attached hydrogens (tertiary/aromatic N) is 1. The number of pyridine rings is 1. The van der Waals surface area contributed by atoms with E-state index >= 15 is 0 Å². The fourth-order valence-electron chi connectivity index (χ4n) is 4.60. The van der Waals surface area contributed by atoms with Gasteiger partial charge in [0.15, 0.2) is 5.82 Å². The van der Waals surface area contributed by atoms with E-state index in [0.717, 1.165) is 22.4 Å². The molecule has 0 aliphatic carbocycles. The van der Waals surface area contributed by atoms with Crippen molar-refractivity contribution in [1.29, 1.82) is 0 Å². The molecule has 6 nitrogen and oxygen atoms in total. The summed E-state index contributed by atoms with van der Waals surface area (Å²) < 4.78 is 32.0. The summed E-state index contributed by atoms with van der Waals surface area (Å²) in [7, 11) is 0. The van der Waals surface area contributed by atoms with Crippen LogP contribution in [0.5, 0.6) is 0 Å². The monoisotopic (exact) mass is 446 g/mol. The van der Waals surface area contributed by atoms with Crippen molar-refractivity contribution in [3.8, 4) is 22.4 Å². The Morgan fingerprint density at radius 3 is 2.48 bits per heavy atom. The largest absolute Gasteiger partial charge is 0.388 e. The van der Waals surface area contributed by atoms with Gasteiger partial charge in [-0.05, 0) is 17.2 Å². The zero-order valence-corrected chi connectivity index (χ0v) is 17.8. The smallest absolute Gasteiger partial charge is 0.151 e. The highest BCUT2D eigenvalue weighted by atomic mass is 19.1. The number of halogens is 1. The second kappa shape index (κ2) is 8.35. The molecule has 0 radical (unpaired) electrons. The Labute approximate surface area is 189 Å². The summed E-state index contributed by atoms with van der Waals surface area (Å²) in [5, 5.41) is 9.86. The van der Waals surface area contributed by atoms with Gasteiger partial charge in [-0.2, -0.15) is 0 Å². The highest BCUT2D eigenvalue weighted by Gasteiger charge is 2.47. The molecule has 4 atom stereocenters. The zero-order chi connectivity index (χ0) is 22.4. The van der Waals surface area contributed by atoms with Crippen LogP contribution in [-0.4, -0.2) is 52.7 Å². The highest BCUT2D eigenvalue weighted by Crippen LogP contribution is 2.30. The first-order valence-electron chi connectivity index (χ1n) is 11.0. The van der Waals surface area contributed by atoms with Crippen LogP contribution < -0.4 is 0 Å². The number of hydrogen-bond acceptors (Lipinski definition) is 5. The Balaban J connectivity index is 1.20. The predicted molar refractivity (Wildman–Crippen MR) is 121 cm³/mol. The lowest BCUT2D eigenvalue weighted by molar-refractivity contribution is -0.0446. The van der Waals surface area contributed by atoms with E-state index in [1.165, 1.54) is 6.07 Å². The third-order valence-corrected chi connectivity index (χ3v) is 6.31. The summed E-state index contributed by atoms with van der Waals surface area (Å²) >= 11 is 0. The second-order valence-electron chi connectivity index (χ2n) is 8.50. The minimum absolute atomic E-state index is 0.248. The maximum atomic E-state index is 14.9. The van der Waals surface area contributed by atoms with Gasteiger partial charge in [0.05, 0.1) is 30.9 Å². The summed E-state index contributed by atoms with van der Waals surface area (Å²) in [5.41, 5.74) is 5.29. The summed E-state index contributed by atoms with van der Waals surface area (Å²) in [6, 6.07) is 21.1. The topological polar surface area (TPSA) is 76.6 Å². The number of benzene rings is 2. The molecule has 2 aromatic carbocycles. The van der Waals surface area contributed by atoms with Crippen molar-refractivity contribution < 1.29 is 23.7 Å². The molecule has 0 saturated carbocycles. The minimum atomic E-state index is -0.607. The van der Waals surface area contributed by atoms with Gasteiger partial charge in [-0.25, -0.2) is 9.37 Å². The van der Waals surface area contributed by atoms with Gasteiger partial charge in [-0.1, -0.05) is 54.6 Å².